The molecule has 0 spiro atoms. The molecule has 0 atom stereocenters. The number of carbonyl (C=O) groups excluding carboxylic acids is 1. The predicted octanol–water partition coefficient (Wildman–Crippen LogP) is 3.66. The van der Waals surface area contributed by atoms with Crippen molar-refractivity contribution in [2.45, 2.75) is 20.8 Å². The molecule has 2 aromatic carbocycles. The number of ether oxygens (including phenoxy) is 1. The van der Waals surface area contributed by atoms with E-state index < -0.39 is 0 Å². The molecule has 2 rings (SSSR count). The largest absolute Gasteiger partial charge is 0.484 e. The third-order valence-corrected chi connectivity index (χ3v) is 4.08. The maximum Gasteiger partial charge on any atom is 0.276 e. The van der Waals surface area contributed by atoms with Crippen LogP contribution in [0.2, 0.25) is 5.02 Å². The van der Waals surface area contributed by atoms with Crippen molar-refractivity contribution in [3.05, 3.63) is 58.1 Å². The van der Waals surface area contributed by atoms with E-state index >= 15 is 0 Å². The fraction of sp³-hybridized carbons (Fsp3) is 0.222. The van der Waals surface area contributed by atoms with Crippen molar-refractivity contribution in [2.24, 2.45) is 0 Å². The number of benzene rings is 2. The van der Waals surface area contributed by atoms with Gasteiger partial charge in [0.25, 0.3) is 5.91 Å². The van der Waals surface area contributed by atoms with Crippen LogP contribution >= 0.6 is 23.8 Å². The molecule has 25 heavy (non-hydrogen) atoms. The second-order valence-corrected chi connectivity index (χ2v) is 6.46. The Balaban J connectivity index is 1.78. The van der Waals surface area contributed by atoms with E-state index in [2.05, 4.69) is 16.2 Å². The number of anilines is 1. The summed E-state index contributed by atoms with van der Waals surface area (Å²) in [6, 6.07) is 11.2. The van der Waals surface area contributed by atoms with Crippen LogP contribution in [-0.2, 0) is 4.79 Å². The van der Waals surface area contributed by atoms with Gasteiger partial charge in [-0.3, -0.25) is 15.6 Å². The van der Waals surface area contributed by atoms with Crippen molar-refractivity contribution in [1.29, 1.82) is 0 Å². The molecular formula is C18H20ClN3O2S. The normalized spacial score (nSPS) is 10.1. The first kappa shape index (κ1) is 19.0. The first-order chi connectivity index (χ1) is 11.8. The molecule has 0 radical (unpaired) electrons. The molecule has 5 nitrogen and oxygen atoms in total. The van der Waals surface area contributed by atoms with Crippen LogP contribution in [0.3, 0.4) is 0 Å². The summed E-state index contributed by atoms with van der Waals surface area (Å²) in [7, 11) is 0. The van der Waals surface area contributed by atoms with E-state index in [9.17, 15) is 4.79 Å². The van der Waals surface area contributed by atoms with Crippen molar-refractivity contribution in [3.8, 4) is 5.75 Å². The molecule has 0 bridgehead atoms. The molecule has 1 amide bonds. The Morgan fingerprint density at radius 2 is 1.84 bits per heavy atom. The number of aryl methyl sites for hydroxylation is 3. The molecule has 0 unspecified atom stereocenters. The lowest BCUT2D eigenvalue weighted by Crippen LogP contribution is -2.45. The van der Waals surface area contributed by atoms with Gasteiger partial charge in [-0.05, 0) is 73.9 Å². The van der Waals surface area contributed by atoms with E-state index in [-0.39, 0.29) is 12.5 Å². The Morgan fingerprint density at radius 3 is 2.56 bits per heavy atom. The van der Waals surface area contributed by atoms with E-state index in [1.807, 2.05) is 39.0 Å². The lowest BCUT2D eigenvalue weighted by atomic mass is 10.1. The van der Waals surface area contributed by atoms with Crippen LogP contribution in [0.4, 0.5) is 5.69 Å². The Hall–Kier alpha value is -2.31. The first-order valence-electron chi connectivity index (χ1n) is 7.67. The van der Waals surface area contributed by atoms with E-state index in [0.29, 0.717) is 15.9 Å². The molecular weight excluding hydrogens is 358 g/mol. The minimum absolute atomic E-state index is 0.139. The average Bonchev–Trinajstić information content (AvgIpc) is 2.57. The molecule has 7 heteroatoms. The Kier molecular flexibility index (Phi) is 6.61. The average molecular weight is 378 g/mol. The van der Waals surface area contributed by atoms with Crippen LogP contribution in [0.5, 0.6) is 5.75 Å². The first-order valence-corrected chi connectivity index (χ1v) is 8.46. The van der Waals surface area contributed by atoms with Gasteiger partial charge in [-0.25, -0.2) is 0 Å². The quantitative estimate of drug-likeness (QED) is 0.560. The molecule has 0 fully saturated rings. The number of hydrazine groups is 1. The van der Waals surface area contributed by atoms with Crippen molar-refractivity contribution >= 4 is 40.5 Å². The van der Waals surface area contributed by atoms with E-state index in [1.54, 1.807) is 18.2 Å². The number of halogens is 1. The zero-order valence-electron chi connectivity index (χ0n) is 14.3. The van der Waals surface area contributed by atoms with Crippen molar-refractivity contribution in [3.63, 3.8) is 0 Å². The fourth-order valence-corrected chi connectivity index (χ4v) is 2.32. The minimum atomic E-state index is -0.349. The number of nitrogens with one attached hydrogen (secondary N) is 3. The molecule has 0 saturated heterocycles. The van der Waals surface area contributed by atoms with Crippen LogP contribution in [0.25, 0.3) is 0 Å². The summed E-state index contributed by atoms with van der Waals surface area (Å²) < 4.78 is 5.41. The molecule has 0 aliphatic heterocycles. The summed E-state index contributed by atoms with van der Waals surface area (Å²) >= 11 is 11.1. The maximum atomic E-state index is 11.8. The number of carbonyl (C=O) groups is 1. The lowest BCUT2D eigenvalue weighted by molar-refractivity contribution is -0.123. The summed E-state index contributed by atoms with van der Waals surface area (Å²) in [6.07, 6.45) is 0. The summed E-state index contributed by atoms with van der Waals surface area (Å²) in [6.45, 7) is 5.71. The maximum absolute atomic E-state index is 11.8. The highest BCUT2D eigenvalue weighted by molar-refractivity contribution is 7.80. The van der Waals surface area contributed by atoms with Gasteiger partial charge < -0.3 is 10.1 Å². The smallest absolute Gasteiger partial charge is 0.276 e. The van der Waals surface area contributed by atoms with Gasteiger partial charge in [0.2, 0.25) is 0 Å². The molecule has 0 aromatic heterocycles. The van der Waals surface area contributed by atoms with Crippen molar-refractivity contribution in [1.82, 2.24) is 10.9 Å². The highest BCUT2D eigenvalue weighted by Gasteiger charge is 2.06. The van der Waals surface area contributed by atoms with E-state index in [1.165, 1.54) is 0 Å². The third kappa shape index (κ3) is 5.92. The molecule has 132 valence electrons. The van der Waals surface area contributed by atoms with Gasteiger partial charge in [0.05, 0.1) is 0 Å². The van der Waals surface area contributed by atoms with Gasteiger partial charge in [0, 0.05) is 10.7 Å². The van der Waals surface area contributed by atoms with Gasteiger partial charge in [-0.1, -0.05) is 23.7 Å². The zero-order chi connectivity index (χ0) is 18.4. The number of thiocarbonyl (C=S) groups is 1. The summed E-state index contributed by atoms with van der Waals surface area (Å²) in [5, 5.41) is 3.99. The molecule has 0 heterocycles. The van der Waals surface area contributed by atoms with Crippen LogP contribution in [0.15, 0.2) is 36.4 Å². The molecule has 3 N–H and O–H groups in total. The van der Waals surface area contributed by atoms with Gasteiger partial charge in [-0.2, -0.15) is 0 Å². The third-order valence-electron chi connectivity index (χ3n) is 3.46. The standard InChI is InChI=1S/C18H20ClN3O2S/c1-11-4-5-12(2)16(8-11)20-18(25)22-21-17(23)10-24-14-6-7-15(19)13(3)9-14/h4-9H,10H2,1-3H3,(H,21,23)(H2,20,22,25). The molecule has 0 aliphatic carbocycles. The number of rotatable bonds is 4. The number of hydrogen-bond donors (Lipinski definition) is 3. The number of amides is 1. The minimum Gasteiger partial charge on any atom is -0.484 e. The van der Waals surface area contributed by atoms with Gasteiger partial charge in [0.1, 0.15) is 5.75 Å². The second-order valence-electron chi connectivity index (χ2n) is 5.65. The second kappa shape index (κ2) is 8.69. The van der Waals surface area contributed by atoms with Crippen LogP contribution in [-0.4, -0.2) is 17.6 Å². The van der Waals surface area contributed by atoms with Gasteiger partial charge in [-0.15, -0.1) is 0 Å². The van der Waals surface area contributed by atoms with Crippen LogP contribution in [0, 0.1) is 20.8 Å². The van der Waals surface area contributed by atoms with Crippen molar-refractivity contribution in [2.75, 3.05) is 11.9 Å². The Bertz CT molecular complexity index is 796. The Morgan fingerprint density at radius 1 is 1.08 bits per heavy atom. The monoisotopic (exact) mass is 377 g/mol. The molecule has 2 aromatic rings. The summed E-state index contributed by atoms with van der Waals surface area (Å²) in [4.78, 5) is 11.8. The zero-order valence-corrected chi connectivity index (χ0v) is 15.8. The highest BCUT2D eigenvalue weighted by atomic mass is 35.5. The summed E-state index contributed by atoms with van der Waals surface area (Å²) in [5.74, 6) is 0.228. The fourth-order valence-electron chi connectivity index (χ4n) is 2.04. The molecule has 0 saturated carbocycles. The summed E-state index contributed by atoms with van der Waals surface area (Å²) in [5.41, 5.74) is 9.09. The lowest BCUT2D eigenvalue weighted by Gasteiger charge is -2.14. The number of hydrogen-bond acceptors (Lipinski definition) is 3. The molecule has 0 aliphatic rings. The highest BCUT2D eigenvalue weighted by Crippen LogP contribution is 2.20. The topological polar surface area (TPSA) is 62.4 Å². The van der Waals surface area contributed by atoms with Crippen LogP contribution < -0.4 is 20.9 Å². The SMILES string of the molecule is Cc1ccc(C)c(NC(=S)NNC(=O)COc2ccc(Cl)c(C)c2)c1. The Labute approximate surface area is 157 Å². The van der Waals surface area contributed by atoms with Crippen LogP contribution in [0.1, 0.15) is 16.7 Å². The van der Waals surface area contributed by atoms with Crippen molar-refractivity contribution < 1.29 is 9.53 Å². The van der Waals surface area contributed by atoms with Gasteiger partial charge in [0.15, 0.2) is 11.7 Å². The van der Waals surface area contributed by atoms with E-state index in [0.717, 1.165) is 22.4 Å². The van der Waals surface area contributed by atoms with Gasteiger partial charge >= 0.3 is 0 Å². The van der Waals surface area contributed by atoms with E-state index in [4.69, 9.17) is 28.6 Å². The predicted molar refractivity (Wildman–Crippen MR) is 105 cm³/mol.